The Hall–Kier alpha value is -1.30. The molecular weight excluding hydrogens is 198 g/mol. The third-order valence-electron chi connectivity index (χ3n) is 3.69. The van der Waals surface area contributed by atoms with Crippen molar-refractivity contribution in [2.24, 2.45) is 0 Å². The normalized spacial score (nSPS) is 17.3. The lowest BCUT2D eigenvalue weighted by atomic mass is 9.88. The van der Waals surface area contributed by atoms with Gasteiger partial charge in [0.05, 0.1) is 11.8 Å². The summed E-state index contributed by atoms with van der Waals surface area (Å²) in [6.45, 7) is 4.54. The topological polar surface area (TPSA) is 41.6 Å². The van der Waals surface area contributed by atoms with E-state index in [0.29, 0.717) is 12.5 Å². The molecule has 1 aliphatic carbocycles. The SMILES string of the molecule is Cc1nc(C2CCCCC2)n(CC#N)c1C. The van der Waals surface area contributed by atoms with E-state index in [0.717, 1.165) is 17.2 Å². The maximum Gasteiger partial charge on any atom is 0.113 e. The molecule has 3 nitrogen and oxygen atoms in total. The number of imidazole rings is 1. The summed E-state index contributed by atoms with van der Waals surface area (Å²) in [5.41, 5.74) is 2.23. The van der Waals surface area contributed by atoms with E-state index in [1.807, 2.05) is 6.92 Å². The standard InChI is InChI=1S/C13H19N3/c1-10-11(2)16(9-8-14)13(15-10)12-6-4-3-5-7-12/h12H,3-7,9H2,1-2H3. The predicted molar refractivity (Wildman–Crippen MR) is 63.1 cm³/mol. The zero-order chi connectivity index (χ0) is 11.5. The lowest BCUT2D eigenvalue weighted by Gasteiger charge is -2.21. The molecule has 1 saturated carbocycles. The van der Waals surface area contributed by atoms with Crippen LogP contribution in [0, 0.1) is 25.2 Å². The monoisotopic (exact) mass is 217 g/mol. The van der Waals surface area contributed by atoms with Crippen LogP contribution in [-0.4, -0.2) is 9.55 Å². The Morgan fingerprint density at radius 2 is 2.00 bits per heavy atom. The quantitative estimate of drug-likeness (QED) is 0.764. The molecule has 0 radical (unpaired) electrons. The molecule has 0 amide bonds. The zero-order valence-corrected chi connectivity index (χ0v) is 10.2. The van der Waals surface area contributed by atoms with Crippen molar-refractivity contribution in [3.63, 3.8) is 0 Å². The van der Waals surface area contributed by atoms with Gasteiger partial charge in [-0.15, -0.1) is 0 Å². The number of aromatic nitrogens is 2. The average molecular weight is 217 g/mol. The molecule has 16 heavy (non-hydrogen) atoms. The Morgan fingerprint density at radius 1 is 1.31 bits per heavy atom. The summed E-state index contributed by atoms with van der Waals surface area (Å²) in [7, 11) is 0. The molecule has 2 rings (SSSR count). The third-order valence-corrected chi connectivity index (χ3v) is 3.69. The Balaban J connectivity index is 2.31. The summed E-state index contributed by atoms with van der Waals surface area (Å²) in [6.07, 6.45) is 6.44. The van der Waals surface area contributed by atoms with E-state index in [9.17, 15) is 0 Å². The molecule has 0 aliphatic heterocycles. The summed E-state index contributed by atoms with van der Waals surface area (Å²) < 4.78 is 2.10. The fourth-order valence-corrected chi connectivity index (χ4v) is 2.62. The number of nitrogens with zero attached hydrogens (tertiary/aromatic N) is 3. The van der Waals surface area contributed by atoms with E-state index >= 15 is 0 Å². The van der Waals surface area contributed by atoms with Crippen molar-refractivity contribution in [1.29, 1.82) is 5.26 Å². The molecule has 1 aromatic heterocycles. The molecule has 0 bridgehead atoms. The lowest BCUT2D eigenvalue weighted by molar-refractivity contribution is 0.418. The van der Waals surface area contributed by atoms with Crippen LogP contribution in [0.15, 0.2) is 0 Å². The van der Waals surface area contributed by atoms with Gasteiger partial charge < -0.3 is 4.57 Å². The second-order valence-electron chi connectivity index (χ2n) is 4.72. The lowest BCUT2D eigenvalue weighted by Crippen LogP contribution is -2.12. The third kappa shape index (κ3) is 1.97. The van der Waals surface area contributed by atoms with Crippen molar-refractivity contribution in [3.05, 3.63) is 17.2 Å². The first kappa shape index (κ1) is 11.2. The maximum atomic E-state index is 8.88. The molecule has 0 aromatic carbocycles. The molecule has 1 heterocycles. The van der Waals surface area contributed by atoms with Crippen LogP contribution in [0.1, 0.15) is 55.2 Å². The first-order chi connectivity index (χ1) is 7.74. The summed E-state index contributed by atoms with van der Waals surface area (Å²) in [4.78, 5) is 4.66. The van der Waals surface area contributed by atoms with Crippen LogP contribution in [0.25, 0.3) is 0 Å². The van der Waals surface area contributed by atoms with Crippen LogP contribution in [0.4, 0.5) is 0 Å². The van der Waals surface area contributed by atoms with Gasteiger partial charge in [-0.05, 0) is 26.7 Å². The Kier molecular flexibility index (Phi) is 3.28. The molecule has 0 atom stereocenters. The van der Waals surface area contributed by atoms with Gasteiger partial charge in [0.2, 0.25) is 0 Å². The highest BCUT2D eigenvalue weighted by molar-refractivity contribution is 5.18. The second-order valence-corrected chi connectivity index (χ2v) is 4.72. The van der Waals surface area contributed by atoms with Crippen molar-refractivity contribution < 1.29 is 0 Å². The van der Waals surface area contributed by atoms with Gasteiger partial charge in [-0.25, -0.2) is 4.98 Å². The van der Waals surface area contributed by atoms with E-state index in [1.54, 1.807) is 0 Å². The van der Waals surface area contributed by atoms with E-state index in [4.69, 9.17) is 5.26 Å². The van der Waals surface area contributed by atoms with Gasteiger partial charge in [-0.3, -0.25) is 0 Å². The van der Waals surface area contributed by atoms with Gasteiger partial charge in [0.1, 0.15) is 12.4 Å². The Bertz CT molecular complexity index is 406. The van der Waals surface area contributed by atoms with E-state index in [2.05, 4.69) is 22.5 Å². The number of hydrogen-bond donors (Lipinski definition) is 0. The minimum Gasteiger partial charge on any atom is -0.318 e. The van der Waals surface area contributed by atoms with E-state index in [1.165, 1.54) is 32.1 Å². The van der Waals surface area contributed by atoms with E-state index < -0.39 is 0 Å². The molecule has 86 valence electrons. The highest BCUT2D eigenvalue weighted by atomic mass is 15.1. The van der Waals surface area contributed by atoms with Crippen molar-refractivity contribution in [1.82, 2.24) is 9.55 Å². The van der Waals surface area contributed by atoms with Crippen molar-refractivity contribution in [2.75, 3.05) is 0 Å². The van der Waals surface area contributed by atoms with Crippen LogP contribution in [0.2, 0.25) is 0 Å². The highest BCUT2D eigenvalue weighted by Crippen LogP contribution is 2.32. The van der Waals surface area contributed by atoms with Gasteiger partial charge in [-0.2, -0.15) is 5.26 Å². The maximum absolute atomic E-state index is 8.88. The minimum atomic E-state index is 0.443. The van der Waals surface area contributed by atoms with Gasteiger partial charge in [0.15, 0.2) is 0 Å². The molecule has 0 unspecified atom stereocenters. The fourth-order valence-electron chi connectivity index (χ4n) is 2.62. The highest BCUT2D eigenvalue weighted by Gasteiger charge is 2.22. The number of aryl methyl sites for hydroxylation is 1. The molecule has 1 aromatic rings. The van der Waals surface area contributed by atoms with Crippen LogP contribution in [-0.2, 0) is 6.54 Å². The van der Waals surface area contributed by atoms with Gasteiger partial charge >= 0.3 is 0 Å². The molecule has 0 N–H and O–H groups in total. The largest absolute Gasteiger partial charge is 0.318 e. The minimum absolute atomic E-state index is 0.443. The van der Waals surface area contributed by atoms with Crippen LogP contribution in [0.3, 0.4) is 0 Å². The number of nitriles is 1. The van der Waals surface area contributed by atoms with Crippen molar-refractivity contribution >= 4 is 0 Å². The molecule has 1 aliphatic rings. The fraction of sp³-hybridized carbons (Fsp3) is 0.692. The molecule has 1 fully saturated rings. The first-order valence-corrected chi connectivity index (χ1v) is 6.14. The van der Waals surface area contributed by atoms with Crippen LogP contribution in [0.5, 0.6) is 0 Å². The van der Waals surface area contributed by atoms with Crippen LogP contribution < -0.4 is 0 Å². The summed E-state index contributed by atoms with van der Waals surface area (Å²) in [5, 5.41) is 8.88. The number of hydrogen-bond acceptors (Lipinski definition) is 2. The predicted octanol–water partition coefficient (Wildman–Crippen LogP) is 3.07. The first-order valence-electron chi connectivity index (χ1n) is 6.14. The Morgan fingerprint density at radius 3 is 2.62 bits per heavy atom. The van der Waals surface area contributed by atoms with Gasteiger partial charge in [-0.1, -0.05) is 19.3 Å². The molecule has 0 spiro atoms. The second kappa shape index (κ2) is 4.69. The van der Waals surface area contributed by atoms with Crippen molar-refractivity contribution in [3.8, 4) is 6.07 Å². The van der Waals surface area contributed by atoms with Crippen LogP contribution >= 0.6 is 0 Å². The van der Waals surface area contributed by atoms with Gasteiger partial charge in [0.25, 0.3) is 0 Å². The summed E-state index contributed by atoms with van der Waals surface area (Å²) in [6, 6.07) is 2.24. The molecular formula is C13H19N3. The smallest absolute Gasteiger partial charge is 0.113 e. The number of rotatable bonds is 2. The van der Waals surface area contributed by atoms with Crippen molar-refractivity contribution in [2.45, 2.75) is 58.4 Å². The zero-order valence-electron chi connectivity index (χ0n) is 10.2. The molecule has 3 heteroatoms. The summed E-state index contributed by atoms with van der Waals surface area (Å²) in [5.74, 6) is 1.73. The average Bonchev–Trinajstić information content (AvgIpc) is 2.59. The Labute approximate surface area is 97.1 Å². The summed E-state index contributed by atoms with van der Waals surface area (Å²) >= 11 is 0. The molecule has 0 saturated heterocycles. The van der Waals surface area contributed by atoms with E-state index in [-0.39, 0.29) is 0 Å². The van der Waals surface area contributed by atoms with Gasteiger partial charge in [0, 0.05) is 11.6 Å².